The molecule has 1 aromatic heterocycles. The third-order valence-electron chi connectivity index (χ3n) is 4.64. The quantitative estimate of drug-likeness (QED) is 0.490. The fraction of sp³-hybridized carbons (Fsp3) is 0.227. The molecule has 0 spiro atoms. The van der Waals surface area contributed by atoms with Crippen molar-refractivity contribution in [1.82, 2.24) is 9.71 Å². The summed E-state index contributed by atoms with van der Waals surface area (Å²) in [5.74, 6) is -1.73. The van der Waals surface area contributed by atoms with Crippen LogP contribution in [0.4, 0.5) is 5.13 Å². The monoisotopic (exact) mass is 473 g/mol. The van der Waals surface area contributed by atoms with Crippen LogP contribution in [0, 0.1) is 6.92 Å². The van der Waals surface area contributed by atoms with Crippen LogP contribution >= 0.6 is 11.3 Å². The molecule has 3 rings (SSSR count). The van der Waals surface area contributed by atoms with Crippen LogP contribution in [0.15, 0.2) is 54.6 Å². The third kappa shape index (κ3) is 6.38. The molecule has 0 atom stereocenters. The minimum Gasteiger partial charge on any atom is -0.478 e. The van der Waals surface area contributed by atoms with Crippen molar-refractivity contribution in [3.05, 3.63) is 81.9 Å². The molecule has 0 bridgehead atoms. The van der Waals surface area contributed by atoms with E-state index in [2.05, 4.69) is 4.98 Å². The number of thiazole rings is 1. The number of nitrogens with zero attached hydrogens (tertiary/aromatic N) is 2. The smallest absolute Gasteiger partial charge is 0.335 e. The molecule has 1 heterocycles. The summed E-state index contributed by atoms with van der Waals surface area (Å²) in [5.41, 5.74) is 2.34. The molecule has 0 saturated carbocycles. The number of hydrogen-bond acceptors (Lipinski definition) is 7. The highest BCUT2D eigenvalue weighted by Crippen LogP contribution is 2.27. The Morgan fingerprint density at radius 1 is 1.06 bits per heavy atom. The van der Waals surface area contributed by atoms with E-state index >= 15 is 0 Å². The van der Waals surface area contributed by atoms with Crippen LogP contribution < -0.4 is 9.62 Å². The van der Waals surface area contributed by atoms with Crippen molar-refractivity contribution in [1.29, 1.82) is 0 Å². The molecule has 168 valence electrons. The predicted octanol–water partition coefficient (Wildman–Crippen LogP) is 3.09. The van der Waals surface area contributed by atoms with E-state index in [1.807, 2.05) is 40.0 Å². The van der Waals surface area contributed by atoms with Crippen molar-refractivity contribution in [2.45, 2.75) is 19.9 Å². The van der Waals surface area contributed by atoms with E-state index in [4.69, 9.17) is 5.11 Å². The molecule has 0 aliphatic rings. The van der Waals surface area contributed by atoms with Gasteiger partial charge in [-0.2, -0.15) is 0 Å². The summed E-state index contributed by atoms with van der Waals surface area (Å²) in [6.45, 7) is 2.85. The number of aromatic nitrogens is 1. The lowest BCUT2D eigenvalue weighted by Crippen LogP contribution is -2.30. The number of rotatable bonds is 9. The molecule has 32 heavy (non-hydrogen) atoms. The topological polar surface area (TPSA) is 117 Å². The van der Waals surface area contributed by atoms with Crippen molar-refractivity contribution in [2.75, 3.05) is 17.7 Å². The molecule has 8 nitrogen and oxygen atoms in total. The molecule has 2 N–H and O–H groups in total. The Morgan fingerprint density at radius 2 is 1.72 bits per heavy atom. The maximum atomic E-state index is 12.3. The van der Waals surface area contributed by atoms with Gasteiger partial charge in [0.1, 0.15) is 5.69 Å². The van der Waals surface area contributed by atoms with Gasteiger partial charge in [-0.25, -0.2) is 22.9 Å². The predicted molar refractivity (Wildman–Crippen MR) is 124 cm³/mol. The average Bonchev–Trinajstić information content (AvgIpc) is 3.12. The van der Waals surface area contributed by atoms with Crippen LogP contribution in [0.3, 0.4) is 0 Å². The fourth-order valence-corrected chi connectivity index (χ4v) is 4.43. The van der Waals surface area contributed by atoms with Crippen LogP contribution in [0.5, 0.6) is 0 Å². The first-order valence-electron chi connectivity index (χ1n) is 9.73. The molecule has 2 aromatic carbocycles. The molecule has 0 unspecified atom stereocenters. The normalized spacial score (nSPS) is 11.2. The van der Waals surface area contributed by atoms with Gasteiger partial charge in [0.25, 0.3) is 5.91 Å². The standard InChI is InChI=1S/C22H23N3O5S2/c1-15-19(20(26)24-32(2,29)30)23-22(31-15)25(14-17-6-4-3-5-7-17)13-12-16-8-10-18(11-9-16)21(27)28/h3-11H,12-14H2,1-2H3,(H,24,26)(H,27,28). The van der Waals surface area contributed by atoms with Crippen molar-refractivity contribution in [3.63, 3.8) is 0 Å². The number of carboxylic acids is 1. The highest BCUT2D eigenvalue weighted by molar-refractivity contribution is 7.89. The number of carboxylic acid groups (broad SMARTS) is 1. The second kappa shape index (κ2) is 9.92. The summed E-state index contributed by atoms with van der Waals surface area (Å²) < 4.78 is 24.8. The summed E-state index contributed by atoms with van der Waals surface area (Å²) >= 11 is 1.32. The lowest BCUT2D eigenvalue weighted by atomic mass is 10.1. The zero-order valence-corrected chi connectivity index (χ0v) is 19.2. The first-order valence-corrected chi connectivity index (χ1v) is 12.4. The zero-order chi connectivity index (χ0) is 23.3. The van der Waals surface area contributed by atoms with Gasteiger partial charge in [-0.15, -0.1) is 11.3 Å². The van der Waals surface area contributed by atoms with Gasteiger partial charge >= 0.3 is 5.97 Å². The Balaban J connectivity index is 1.83. The molecule has 3 aromatic rings. The lowest BCUT2D eigenvalue weighted by Gasteiger charge is -2.22. The maximum Gasteiger partial charge on any atom is 0.335 e. The number of hydrogen-bond donors (Lipinski definition) is 2. The second-order valence-corrected chi connectivity index (χ2v) is 10.2. The van der Waals surface area contributed by atoms with Crippen LogP contribution in [-0.4, -0.2) is 43.2 Å². The minimum atomic E-state index is -3.69. The fourth-order valence-electron chi connectivity index (χ4n) is 3.07. The van der Waals surface area contributed by atoms with Crippen molar-refractivity contribution in [2.24, 2.45) is 0 Å². The van der Waals surface area contributed by atoms with E-state index in [0.717, 1.165) is 17.4 Å². The Morgan fingerprint density at radius 3 is 2.31 bits per heavy atom. The molecular weight excluding hydrogens is 450 g/mol. The summed E-state index contributed by atoms with van der Waals surface area (Å²) in [5, 5.41) is 9.67. The van der Waals surface area contributed by atoms with Gasteiger partial charge in [0.15, 0.2) is 5.13 Å². The van der Waals surface area contributed by atoms with E-state index in [0.29, 0.717) is 29.5 Å². The van der Waals surface area contributed by atoms with Crippen LogP contribution in [0.1, 0.15) is 36.9 Å². The second-order valence-electron chi connectivity index (χ2n) is 7.26. The molecule has 0 radical (unpaired) electrons. The number of nitrogens with one attached hydrogen (secondary N) is 1. The first kappa shape index (κ1) is 23.4. The summed E-state index contributed by atoms with van der Waals surface area (Å²) in [4.78, 5) is 30.5. The van der Waals surface area contributed by atoms with Gasteiger partial charge in [-0.05, 0) is 36.6 Å². The van der Waals surface area contributed by atoms with E-state index in [-0.39, 0.29) is 11.3 Å². The van der Waals surface area contributed by atoms with Gasteiger partial charge in [-0.3, -0.25) is 4.79 Å². The Bertz CT molecular complexity index is 1210. The number of amides is 1. The van der Waals surface area contributed by atoms with Gasteiger partial charge in [0.05, 0.1) is 11.8 Å². The van der Waals surface area contributed by atoms with E-state index in [1.54, 1.807) is 31.2 Å². The molecule has 10 heteroatoms. The summed E-state index contributed by atoms with van der Waals surface area (Å²) in [7, 11) is -3.69. The highest BCUT2D eigenvalue weighted by Gasteiger charge is 2.21. The number of anilines is 1. The number of carbonyl (C=O) groups is 2. The van der Waals surface area contributed by atoms with E-state index in [9.17, 15) is 18.0 Å². The first-order chi connectivity index (χ1) is 15.1. The highest BCUT2D eigenvalue weighted by atomic mass is 32.2. The molecule has 1 amide bonds. The van der Waals surface area contributed by atoms with E-state index < -0.39 is 21.9 Å². The molecule has 0 aliphatic carbocycles. The number of sulfonamides is 1. The van der Waals surface area contributed by atoms with Crippen LogP contribution in [0.25, 0.3) is 0 Å². The largest absolute Gasteiger partial charge is 0.478 e. The Kier molecular flexibility index (Phi) is 7.26. The summed E-state index contributed by atoms with van der Waals surface area (Å²) in [6.07, 6.45) is 1.56. The summed E-state index contributed by atoms with van der Waals surface area (Å²) in [6, 6.07) is 16.5. The Hall–Kier alpha value is -3.24. The van der Waals surface area contributed by atoms with Gasteiger partial charge in [0, 0.05) is 18.0 Å². The zero-order valence-electron chi connectivity index (χ0n) is 17.6. The van der Waals surface area contributed by atoms with Crippen LogP contribution in [-0.2, 0) is 23.0 Å². The van der Waals surface area contributed by atoms with Gasteiger partial charge in [-0.1, -0.05) is 42.5 Å². The van der Waals surface area contributed by atoms with Crippen molar-refractivity contribution < 1.29 is 23.1 Å². The average molecular weight is 474 g/mol. The number of benzene rings is 2. The van der Waals surface area contributed by atoms with Crippen molar-refractivity contribution in [3.8, 4) is 0 Å². The molecular formula is C22H23N3O5S2. The molecule has 0 saturated heterocycles. The minimum absolute atomic E-state index is 0.0827. The van der Waals surface area contributed by atoms with E-state index in [1.165, 1.54) is 11.3 Å². The molecule has 0 aliphatic heterocycles. The molecule has 0 fully saturated rings. The van der Waals surface area contributed by atoms with Gasteiger partial charge < -0.3 is 10.0 Å². The van der Waals surface area contributed by atoms with Gasteiger partial charge in [0.2, 0.25) is 10.0 Å². The SMILES string of the molecule is Cc1sc(N(CCc2ccc(C(=O)O)cc2)Cc2ccccc2)nc1C(=O)NS(C)(=O)=O. The number of aromatic carboxylic acids is 1. The maximum absolute atomic E-state index is 12.3. The third-order valence-corrected chi connectivity index (χ3v) is 6.22. The number of carbonyl (C=O) groups excluding carboxylic acids is 1. The lowest BCUT2D eigenvalue weighted by molar-refractivity contribution is 0.0696. The Labute approximate surface area is 190 Å². The van der Waals surface area contributed by atoms with Crippen LogP contribution in [0.2, 0.25) is 0 Å². The van der Waals surface area contributed by atoms with Crippen molar-refractivity contribution >= 4 is 38.4 Å². The number of aryl methyl sites for hydroxylation is 1.